The summed E-state index contributed by atoms with van der Waals surface area (Å²) in [7, 11) is -3.58. The van der Waals surface area contributed by atoms with Crippen LogP contribution in [0.15, 0.2) is 12.1 Å². The van der Waals surface area contributed by atoms with E-state index in [1.54, 1.807) is 6.07 Å². The van der Waals surface area contributed by atoms with Crippen LogP contribution in [0, 0.1) is 0 Å². The lowest BCUT2D eigenvalue weighted by molar-refractivity contribution is 0.0950. The second-order valence-electron chi connectivity index (χ2n) is 3.85. The van der Waals surface area contributed by atoms with E-state index in [1.807, 2.05) is 6.92 Å². The fourth-order valence-corrected chi connectivity index (χ4v) is 1.58. The smallest absolute Gasteiger partial charge is 0.271 e. The fourth-order valence-electron chi connectivity index (χ4n) is 1.20. The number of aromatic nitrogens is 2. The summed E-state index contributed by atoms with van der Waals surface area (Å²) in [6, 6.07) is 3.15. The van der Waals surface area contributed by atoms with Gasteiger partial charge in [-0.15, -0.1) is 10.2 Å². The summed E-state index contributed by atoms with van der Waals surface area (Å²) in [6.45, 7) is 2.73. The predicted octanol–water partition coefficient (Wildman–Crippen LogP) is -0.683. The van der Waals surface area contributed by atoms with Crippen molar-refractivity contribution < 1.29 is 13.2 Å². The molecule has 8 nitrogen and oxygen atoms in total. The molecule has 1 amide bonds. The van der Waals surface area contributed by atoms with Crippen LogP contribution in [0.1, 0.15) is 23.8 Å². The van der Waals surface area contributed by atoms with Crippen LogP contribution in [-0.2, 0) is 10.0 Å². The molecule has 19 heavy (non-hydrogen) atoms. The lowest BCUT2D eigenvalue weighted by atomic mass is 10.3. The summed E-state index contributed by atoms with van der Waals surface area (Å²) in [6.07, 6.45) is 0.956. The third-order valence-electron chi connectivity index (χ3n) is 2.13. The molecule has 4 N–H and O–H groups in total. The van der Waals surface area contributed by atoms with Crippen LogP contribution in [-0.4, -0.2) is 43.4 Å². The Morgan fingerprint density at radius 3 is 2.58 bits per heavy atom. The van der Waals surface area contributed by atoms with E-state index in [-0.39, 0.29) is 18.0 Å². The zero-order valence-electron chi connectivity index (χ0n) is 10.6. The SMILES string of the molecule is CCCNc1ccc(C(=O)NCCS(N)(=O)=O)nn1. The molecule has 0 bridgehead atoms. The van der Waals surface area contributed by atoms with Gasteiger partial charge in [-0.05, 0) is 18.6 Å². The Balaban J connectivity index is 2.49. The topological polar surface area (TPSA) is 127 Å². The van der Waals surface area contributed by atoms with Crippen LogP contribution in [0.5, 0.6) is 0 Å². The van der Waals surface area contributed by atoms with E-state index in [1.165, 1.54) is 6.07 Å². The average Bonchev–Trinajstić information content (AvgIpc) is 2.35. The van der Waals surface area contributed by atoms with Crippen LogP contribution in [0.25, 0.3) is 0 Å². The van der Waals surface area contributed by atoms with Gasteiger partial charge >= 0.3 is 0 Å². The molecule has 0 saturated heterocycles. The summed E-state index contributed by atoms with van der Waals surface area (Å²) in [5.41, 5.74) is 0.122. The second kappa shape index (κ2) is 7.00. The molecule has 1 rings (SSSR count). The van der Waals surface area contributed by atoms with Crippen molar-refractivity contribution >= 4 is 21.7 Å². The molecule has 0 fully saturated rings. The Labute approximate surface area is 111 Å². The van der Waals surface area contributed by atoms with Crippen molar-refractivity contribution in [1.29, 1.82) is 0 Å². The summed E-state index contributed by atoms with van der Waals surface area (Å²) in [5, 5.41) is 17.8. The number of sulfonamides is 1. The zero-order valence-corrected chi connectivity index (χ0v) is 11.4. The van der Waals surface area contributed by atoms with Crippen molar-refractivity contribution in [2.45, 2.75) is 13.3 Å². The van der Waals surface area contributed by atoms with E-state index in [9.17, 15) is 13.2 Å². The molecule has 1 aromatic heterocycles. The van der Waals surface area contributed by atoms with Gasteiger partial charge in [0.05, 0.1) is 5.75 Å². The van der Waals surface area contributed by atoms with Gasteiger partial charge in [0.25, 0.3) is 5.91 Å². The minimum absolute atomic E-state index is 0.0603. The Morgan fingerprint density at radius 1 is 1.32 bits per heavy atom. The van der Waals surface area contributed by atoms with Gasteiger partial charge in [-0.3, -0.25) is 4.79 Å². The van der Waals surface area contributed by atoms with Gasteiger partial charge in [-0.1, -0.05) is 6.92 Å². The number of nitrogens with one attached hydrogen (secondary N) is 2. The first-order chi connectivity index (χ1) is 8.92. The molecule has 0 radical (unpaired) electrons. The highest BCUT2D eigenvalue weighted by Gasteiger charge is 2.09. The van der Waals surface area contributed by atoms with Crippen molar-refractivity contribution in [3.8, 4) is 0 Å². The quantitative estimate of drug-likeness (QED) is 0.609. The third kappa shape index (κ3) is 6.11. The molecule has 106 valence electrons. The van der Waals surface area contributed by atoms with Crippen LogP contribution in [0.4, 0.5) is 5.82 Å². The van der Waals surface area contributed by atoms with E-state index in [0.29, 0.717) is 5.82 Å². The van der Waals surface area contributed by atoms with E-state index >= 15 is 0 Å². The van der Waals surface area contributed by atoms with Gasteiger partial charge in [0.1, 0.15) is 5.82 Å². The lowest BCUT2D eigenvalue weighted by Gasteiger charge is -2.05. The summed E-state index contributed by atoms with van der Waals surface area (Å²) >= 11 is 0. The molecule has 1 aromatic rings. The highest BCUT2D eigenvalue weighted by Crippen LogP contribution is 2.01. The molecule has 0 aliphatic carbocycles. The number of carbonyl (C=O) groups is 1. The maximum atomic E-state index is 11.6. The van der Waals surface area contributed by atoms with Gasteiger partial charge in [0, 0.05) is 13.1 Å². The van der Waals surface area contributed by atoms with Crippen molar-refractivity contribution in [2.24, 2.45) is 5.14 Å². The van der Waals surface area contributed by atoms with E-state index in [4.69, 9.17) is 5.14 Å². The van der Waals surface area contributed by atoms with Crippen molar-refractivity contribution in [3.05, 3.63) is 17.8 Å². The van der Waals surface area contributed by atoms with Gasteiger partial charge in [0.15, 0.2) is 5.69 Å². The molecule has 0 aliphatic heterocycles. The molecule has 0 saturated carbocycles. The van der Waals surface area contributed by atoms with Crippen LogP contribution in [0.2, 0.25) is 0 Å². The first-order valence-electron chi connectivity index (χ1n) is 5.78. The number of rotatable bonds is 7. The molecule has 0 aliphatic rings. The minimum atomic E-state index is -3.58. The van der Waals surface area contributed by atoms with Gasteiger partial charge < -0.3 is 10.6 Å². The normalized spacial score (nSPS) is 11.1. The Kier molecular flexibility index (Phi) is 5.64. The number of nitrogens with zero attached hydrogens (tertiary/aromatic N) is 2. The summed E-state index contributed by atoms with van der Waals surface area (Å²) in [4.78, 5) is 11.6. The maximum Gasteiger partial charge on any atom is 0.271 e. The largest absolute Gasteiger partial charge is 0.369 e. The zero-order chi connectivity index (χ0) is 14.3. The lowest BCUT2D eigenvalue weighted by Crippen LogP contribution is -2.32. The molecule has 9 heteroatoms. The molecule has 0 spiro atoms. The van der Waals surface area contributed by atoms with Gasteiger partial charge in [-0.2, -0.15) is 0 Å². The first kappa shape index (κ1) is 15.3. The molecule has 0 unspecified atom stereocenters. The Hall–Kier alpha value is -1.74. The second-order valence-corrected chi connectivity index (χ2v) is 5.59. The number of hydrogen-bond donors (Lipinski definition) is 3. The van der Waals surface area contributed by atoms with E-state index < -0.39 is 15.9 Å². The minimum Gasteiger partial charge on any atom is -0.369 e. The molecular formula is C10H17N5O3S. The number of nitrogens with two attached hydrogens (primary N) is 1. The van der Waals surface area contributed by atoms with Crippen LogP contribution < -0.4 is 15.8 Å². The van der Waals surface area contributed by atoms with Crippen molar-refractivity contribution in [3.63, 3.8) is 0 Å². The van der Waals surface area contributed by atoms with Crippen LogP contribution >= 0.6 is 0 Å². The van der Waals surface area contributed by atoms with E-state index in [0.717, 1.165) is 13.0 Å². The van der Waals surface area contributed by atoms with Crippen molar-refractivity contribution in [1.82, 2.24) is 15.5 Å². The fraction of sp³-hybridized carbons (Fsp3) is 0.500. The van der Waals surface area contributed by atoms with E-state index in [2.05, 4.69) is 20.8 Å². The van der Waals surface area contributed by atoms with Crippen LogP contribution in [0.3, 0.4) is 0 Å². The molecular weight excluding hydrogens is 270 g/mol. The Morgan fingerprint density at radius 2 is 2.05 bits per heavy atom. The monoisotopic (exact) mass is 287 g/mol. The molecule has 0 atom stereocenters. The highest BCUT2D eigenvalue weighted by atomic mass is 32.2. The first-order valence-corrected chi connectivity index (χ1v) is 7.50. The highest BCUT2D eigenvalue weighted by molar-refractivity contribution is 7.89. The van der Waals surface area contributed by atoms with Crippen molar-refractivity contribution in [2.75, 3.05) is 24.2 Å². The average molecular weight is 287 g/mol. The number of carbonyl (C=O) groups excluding carboxylic acids is 1. The van der Waals surface area contributed by atoms with Gasteiger partial charge in [0.2, 0.25) is 10.0 Å². The number of primary sulfonamides is 1. The molecule has 1 heterocycles. The maximum absolute atomic E-state index is 11.6. The predicted molar refractivity (Wildman–Crippen MR) is 71.1 cm³/mol. The Bertz CT molecular complexity index is 514. The molecule has 0 aromatic carbocycles. The summed E-state index contributed by atoms with van der Waals surface area (Å²) in [5.74, 6) is -0.219. The number of hydrogen-bond acceptors (Lipinski definition) is 6. The number of anilines is 1. The van der Waals surface area contributed by atoms with Gasteiger partial charge in [-0.25, -0.2) is 13.6 Å². The number of amides is 1. The standard InChI is InChI=1S/C10H17N5O3S/c1-2-5-12-9-4-3-8(14-15-9)10(16)13-6-7-19(11,17)18/h3-4H,2,5-7H2,1H3,(H,12,15)(H,13,16)(H2,11,17,18). The summed E-state index contributed by atoms with van der Waals surface area (Å²) < 4.78 is 21.4. The third-order valence-corrected chi connectivity index (χ3v) is 2.90.